The molecule has 4 nitrogen and oxygen atoms in total. The highest BCUT2D eigenvalue weighted by Crippen LogP contribution is 2.37. The van der Waals surface area contributed by atoms with Crippen LogP contribution in [0.25, 0.3) is 0 Å². The molecule has 9 heteroatoms. The van der Waals surface area contributed by atoms with Crippen molar-refractivity contribution < 1.29 is 21.6 Å². The molecule has 1 N–H and O–H groups in total. The lowest BCUT2D eigenvalue weighted by Gasteiger charge is -2.06. The fourth-order valence-electron chi connectivity index (χ4n) is 1.45. The van der Waals surface area contributed by atoms with Crippen LogP contribution in [0.15, 0.2) is 0 Å². The lowest BCUT2D eigenvalue weighted by molar-refractivity contribution is -0.141. The third-order valence-corrected chi connectivity index (χ3v) is 5.58. The van der Waals surface area contributed by atoms with Gasteiger partial charge in [0.1, 0.15) is 10.3 Å². The van der Waals surface area contributed by atoms with E-state index in [0.29, 0.717) is 6.54 Å². The summed E-state index contributed by atoms with van der Waals surface area (Å²) < 4.78 is 61.6. The van der Waals surface area contributed by atoms with Crippen molar-refractivity contribution in [2.45, 2.75) is 38.2 Å². The Balaban J connectivity index is 3.12. The lowest BCUT2D eigenvalue weighted by atomic mass is 10.3. The second kappa shape index (κ2) is 6.40. The normalized spacial score (nSPS) is 14.5. The molecule has 0 spiro atoms. The lowest BCUT2D eigenvalue weighted by Crippen LogP contribution is -2.17. The molecule has 116 valence electrons. The number of nitrogens with zero attached hydrogens (tertiary/aromatic N) is 1. The Hall–Kier alpha value is -0.670. The SMILES string of the molecule is CCCNCc1sc(C(C)S(C)(=O)=O)nc1C(F)(F)F. The van der Waals surface area contributed by atoms with Crippen molar-refractivity contribution in [3.63, 3.8) is 0 Å². The third-order valence-electron chi connectivity index (χ3n) is 2.68. The van der Waals surface area contributed by atoms with E-state index in [0.717, 1.165) is 24.0 Å². The zero-order chi connectivity index (χ0) is 15.6. The van der Waals surface area contributed by atoms with Crippen molar-refractivity contribution >= 4 is 21.2 Å². The zero-order valence-corrected chi connectivity index (χ0v) is 13.0. The van der Waals surface area contributed by atoms with Gasteiger partial charge in [-0.25, -0.2) is 13.4 Å². The van der Waals surface area contributed by atoms with Crippen molar-refractivity contribution in [3.8, 4) is 0 Å². The van der Waals surface area contributed by atoms with E-state index in [2.05, 4.69) is 10.3 Å². The predicted octanol–water partition coefficient (Wildman–Crippen LogP) is 2.77. The summed E-state index contributed by atoms with van der Waals surface area (Å²) in [5.41, 5.74) is -0.989. The van der Waals surface area contributed by atoms with Crippen molar-refractivity contribution in [2.24, 2.45) is 0 Å². The number of aromatic nitrogens is 1. The molecule has 1 heterocycles. The van der Waals surface area contributed by atoms with Gasteiger partial charge in [0.2, 0.25) is 0 Å². The average molecular weight is 330 g/mol. The number of halogens is 3. The molecular formula is C11H17F3N2O2S2. The summed E-state index contributed by atoms with van der Waals surface area (Å²) in [7, 11) is -3.47. The number of nitrogens with one attached hydrogen (secondary N) is 1. The summed E-state index contributed by atoms with van der Waals surface area (Å²) in [6.45, 7) is 3.88. The molecule has 0 aliphatic heterocycles. The molecule has 20 heavy (non-hydrogen) atoms. The van der Waals surface area contributed by atoms with Gasteiger partial charge >= 0.3 is 6.18 Å². The second-order valence-electron chi connectivity index (χ2n) is 4.47. The fourth-order valence-corrected chi connectivity index (χ4v) is 3.52. The first-order chi connectivity index (χ1) is 9.07. The minimum absolute atomic E-state index is 0.0203. The Kier molecular flexibility index (Phi) is 5.56. The van der Waals surface area contributed by atoms with Gasteiger partial charge in [-0.1, -0.05) is 6.92 Å². The average Bonchev–Trinajstić information content (AvgIpc) is 2.71. The van der Waals surface area contributed by atoms with E-state index in [9.17, 15) is 21.6 Å². The van der Waals surface area contributed by atoms with Gasteiger partial charge < -0.3 is 5.32 Å². The summed E-state index contributed by atoms with van der Waals surface area (Å²) >= 11 is 0.799. The molecule has 0 aliphatic rings. The minimum atomic E-state index is -4.57. The fraction of sp³-hybridized carbons (Fsp3) is 0.727. The summed E-state index contributed by atoms with van der Waals surface area (Å²) in [4.78, 5) is 3.53. The van der Waals surface area contributed by atoms with E-state index in [-0.39, 0.29) is 16.4 Å². The number of hydrogen-bond donors (Lipinski definition) is 1. The Morgan fingerprint density at radius 2 is 2.00 bits per heavy atom. The third kappa shape index (κ3) is 4.42. The van der Waals surface area contributed by atoms with Crippen LogP contribution in [0.3, 0.4) is 0 Å². The van der Waals surface area contributed by atoms with Gasteiger partial charge in [-0.05, 0) is 19.9 Å². The summed E-state index contributed by atoms with van der Waals surface area (Å²) in [5.74, 6) is 0. The van der Waals surface area contributed by atoms with Crippen LogP contribution < -0.4 is 5.32 Å². The quantitative estimate of drug-likeness (QED) is 0.815. The van der Waals surface area contributed by atoms with Crippen molar-refractivity contribution in [2.75, 3.05) is 12.8 Å². The molecule has 0 saturated carbocycles. The van der Waals surface area contributed by atoms with Gasteiger partial charge in [-0.15, -0.1) is 11.3 Å². The number of rotatable bonds is 6. The van der Waals surface area contributed by atoms with Crippen LogP contribution in [0.2, 0.25) is 0 Å². The Morgan fingerprint density at radius 1 is 1.40 bits per heavy atom. The van der Waals surface area contributed by atoms with Gasteiger partial charge in [-0.3, -0.25) is 0 Å². The van der Waals surface area contributed by atoms with E-state index < -0.39 is 27.0 Å². The monoisotopic (exact) mass is 330 g/mol. The van der Waals surface area contributed by atoms with Gasteiger partial charge in [0.05, 0.1) is 4.88 Å². The molecule has 1 atom stereocenters. The highest BCUT2D eigenvalue weighted by atomic mass is 32.2. The van der Waals surface area contributed by atoms with Gasteiger partial charge in [0.15, 0.2) is 15.5 Å². The molecule has 0 fully saturated rings. The Morgan fingerprint density at radius 3 is 2.45 bits per heavy atom. The van der Waals surface area contributed by atoms with E-state index in [1.54, 1.807) is 0 Å². The first-order valence-electron chi connectivity index (χ1n) is 6.03. The summed E-state index contributed by atoms with van der Waals surface area (Å²) in [6.07, 6.45) is -2.79. The van der Waals surface area contributed by atoms with E-state index in [1.807, 2.05) is 6.92 Å². The molecule has 0 amide bonds. The maximum absolute atomic E-state index is 12.9. The van der Waals surface area contributed by atoms with Crippen LogP contribution in [0, 0.1) is 0 Å². The number of hydrogen-bond acceptors (Lipinski definition) is 5. The summed E-state index contributed by atoms with van der Waals surface area (Å²) in [6, 6.07) is 0. The Labute approximate surface area is 120 Å². The highest BCUT2D eigenvalue weighted by molar-refractivity contribution is 7.91. The minimum Gasteiger partial charge on any atom is -0.312 e. The molecule has 0 aliphatic carbocycles. The van der Waals surface area contributed by atoms with Gasteiger partial charge in [0.25, 0.3) is 0 Å². The molecule has 1 unspecified atom stereocenters. The molecule has 0 radical (unpaired) electrons. The predicted molar refractivity (Wildman–Crippen MR) is 72.4 cm³/mol. The van der Waals surface area contributed by atoms with Gasteiger partial charge in [0, 0.05) is 12.8 Å². The number of alkyl halides is 3. The van der Waals surface area contributed by atoms with E-state index >= 15 is 0 Å². The maximum Gasteiger partial charge on any atom is 0.434 e. The van der Waals surface area contributed by atoms with Crippen LogP contribution in [-0.4, -0.2) is 26.2 Å². The largest absolute Gasteiger partial charge is 0.434 e. The van der Waals surface area contributed by atoms with Crippen LogP contribution in [-0.2, 0) is 22.6 Å². The van der Waals surface area contributed by atoms with Crippen LogP contribution >= 0.6 is 11.3 Å². The molecule has 0 bridgehead atoms. The van der Waals surface area contributed by atoms with E-state index in [1.165, 1.54) is 6.92 Å². The molecule has 0 saturated heterocycles. The van der Waals surface area contributed by atoms with E-state index in [4.69, 9.17) is 0 Å². The molecule has 0 aromatic carbocycles. The maximum atomic E-state index is 12.9. The first kappa shape index (κ1) is 17.4. The topological polar surface area (TPSA) is 59.1 Å². The Bertz CT molecular complexity index is 553. The second-order valence-corrected chi connectivity index (χ2v) is 7.95. The molecule has 1 rings (SSSR count). The molecular weight excluding hydrogens is 313 g/mol. The standard InChI is InChI=1S/C11H17F3N2O2S2/c1-4-5-15-6-8-9(11(12,13)14)16-10(19-8)7(2)20(3,17)18/h7,15H,4-6H2,1-3H3. The highest BCUT2D eigenvalue weighted by Gasteiger charge is 2.38. The zero-order valence-electron chi connectivity index (χ0n) is 11.4. The summed E-state index contributed by atoms with van der Waals surface area (Å²) in [5, 5.41) is 1.82. The molecule has 1 aromatic heterocycles. The smallest absolute Gasteiger partial charge is 0.312 e. The molecule has 1 aromatic rings. The van der Waals surface area contributed by atoms with Crippen LogP contribution in [0.4, 0.5) is 13.2 Å². The first-order valence-corrected chi connectivity index (χ1v) is 8.80. The van der Waals surface area contributed by atoms with Crippen molar-refractivity contribution in [1.82, 2.24) is 10.3 Å². The van der Waals surface area contributed by atoms with Gasteiger partial charge in [-0.2, -0.15) is 13.2 Å². The number of thiazole rings is 1. The van der Waals surface area contributed by atoms with Crippen LogP contribution in [0.1, 0.15) is 41.1 Å². The number of sulfone groups is 1. The van der Waals surface area contributed by atoms with Crippen molar-refractivity contribution in [1.29, 1.82) is 0 Å². The van der Waals surface area contributed by atoms with Crippen molar-refractivity contribution in [3.05, 3.63) is 15.6 Å². The van der Waals surface area contributed by atoms with Crippen LogP contribution in [0.5, 0.6) is 0 Å².